The van der Waals surface area contributed by atoms with Crippen LogP contribution in [0.15, 0.2) is 24.5 Å². The number of hydrogen-bond donors (Lipinski definition) is 0. The molecule has 0 unspecified atom stereocenters. The number of aryl methyl sites for hydroxylation is 1. The van der Waals surface area contributed by atoms with Crippen LogP contribution in [0.25, 0.3) is 0 Å². The van der Waals surface area contributed by atoms with Crippen molar-refractivity contribution < 1.29 is 13.2 Å². The molecular weight excluding hydrogens is 281 g/mol. The van der Waals surface area contributed by atoms with Crippen molar-refractivity contribution in [2.75, 3.05) is 6.54 Å². The van der Waals surface area contributed by atoms with E-state index in [2.05, 4.69) is 14.9 Å². The lowest BCUT2D eigenvalue weighted by Crippen LogP contribution is -2.32. The van der Waals surface area contributed by atoms with Gasteiger partial charge in [-0.3, -0.25) is 4.90 Å². The second-order valence-corrected chi connectivity index (χ2v) is 5.23. The van der Waals surface area contributed by atoms with Gasteiger partial charge in [-0.2, -0.15) is 13.2 Å². The Morgan fingerprint density at radius 3 is 2.81 bits per heavy atom. The average molecular weight is 296 g/mol. The highest BCUT2D eigenvalue weighted by Crippen LogP contribution is 2.27. The fraction of sp³-hybridized carbons (Fsp3) is 0.429. The minimum absolute atomic E-state index is 0.514. The monoisotopic (exact) mass is 296 g/mol. The van der Waals surface area contributed by atoms with Gasteiger partial charge in [0, 0.05) is 56.8 Å². The number of aromatic nitrogens is 3. The molecule has 0 radical (unpaired) electrons. The first kappa shape index (κ1) is 14.1. The maximum absolute atomic E-state index is 12.6. The number of hydrogen-bond acceptors (Lipinski definition) is 3. The molecule has 3 heterocycles. The zero-order valence-electron chi connectivity index (χ0n) is 11.6. The molecule has 2 aromatic heterocycles. The molecule has 0 amide bonds. The molecule has 0 N–H and O–H groups in total. The van der Waals surface area contributed by atoms with E-state index in [1.807, 2.05) is 29.9 Å². The highest BCUT2D eigenvalue weighted by molar-refractivity contribution is 5.21. The molecule has 0 fully saturated rings. The summed E-state index contributed by atoms with van der Waals surface area (Å²) in [5.74, 6) is -1.04. The topological polar surface area (TPSA) is 34.0 Å². The highest BCUT2D eigenvalue weighted by Gasteiger charge is 2.35. The van der Waals surface area contributed by atoms with E-state index in [-0.39, 0.29) is 0 Å². The van der Waals surface area contributed by atoms with E-state index in [0.717, 1.165) is 12.1 Å². The Balaban J connectivity index is 1.76. The number of fused-ring (bicyclic) bond motifs is 1. The molecule has 112 valence electrons. The van der Waals surface area contributed by atoms with Crippen molar-refractivity contribution in [1.82, 2.24) is 19.4 Å². The maximum Gasteiger partial charge on any atom is 0.451 e. The number of nitrogens with zero attached hydrogens (tertiary/aromatic N) is 4. The lowest BCUT2D eigenvalue weighted by Gasteiger charge is -2.28. The smallest absolute Gasteiger partial charge is 0.353 e. The molecule has 0 spiro atoms. The second kappa shape index (κ2) is 5.14. The Labute approximate surface area is 120 Å². The molecule has 1 aliphatic heterocycles. The van der Waals surface area contributed by atoms with Crippen molar-refractivity contribution >= 4 is 0 Å². The van der Waals surface area contributed by atoms with Crippen molar-refractivity contribution in [2.24, 2.45) is 7.05 Å². The summed E-state index contributed by atoms with van der Waals surface area (Å²) in [5, 5.41) is 0. The molecule has 0 bridgehead atoms. The summed E-state index contributed by atoms with van der Waals surface area (Å²) in [4.78, 5) is 9.30. The summed E-state index contributed by atoms with van der Waals surface area (Å²) in [6.07, 6.45) is -0.672. The van der Waals surface area contributed by atoms with Crippen molar-refractivity contribution in [3.8, 4) is 0 Å². The molecule has 0 saturated carbocycles. The quantitative estimate of drug-likeness (QED) is 0.853. The summed E-state index contributed by atoms with van der Waals surface area (Å²) in [6.45, 7) is 2.05. The van der Waals surface area contributed by atoms with Crippen LogP contribution in [0.4, 0.5) is 13.2 Å². The largest absolute Gasteiger partial charge is 0.451 e. The Morgan fingerprint density at radius 1 is 1.33 bits per heavy atom. The fourth-order valence-electron chi connectivity index (χ4n) is 2.54. The van der Waals surface area contributed by atoms with Crippen LogP contribution >= 0.6 is 0 Å². The van der Waals surface area contributed by atoms with Crippen LogP contribution in [-0.4, -0.2) is 26.0 Å². The third-order valence-electron chi connectivity index (χ3n) is 3.70. The molecule has 0 aromatic carbocycles. The molecular formula is C14H15F3N4. The molecule has 0 atom stereocenters. The average Bonchev–Trinajstić information content (AvgIpc) is 2.82. The van der Waals surface area contributed by atoms with E-state index < -0.39 is 12.0 Å². The normalized spacial score (nSPS) is 16.0. The predicted octanol–water partition coefficient (Wildman–Crippen LogP) is 2.39. The number of halogens is 3. The van der Waals surface area contributed by atoms with Gasteiger partial charge in [-0.1, -0.05) is 0 Å². The van der Waals surface area contributed by atoms with Crippen LogP contribution < -0.4 is 0 Å². The minimum Gasteiger partial charge on any atom is -0.353 e. The number of rotatable bonds is 2. The van der Waals surface area contributed by atoms with Gasteiger partial charge in [0.2, 0.25) is 5.82 Å². The van der Waals surface area contributed by atoms with Gasteiger partial charge in [0.1, 0.15) is 0 Å². The van der Waals surface area contributed by atoms with Gasteiger partial charge in [0.15, 0.2) is 0 Å². The van der Waals surface area contributed by atoms with E-state index in [0.29, 0.717) is 25.2 Å². The lowest BCUT2D eigenvalue weighted by molar-refractivity contribution is -0.145. The molecule has 1 aliphatic rings. The van der Waals surface area contributed by atoms with Gasteiger partial charge >= 0.3 is 6.18 Å². The van der Waals surface area contributed by atoms with E-state index in [1.54, 1.807) is 0 Å². The first-order chi connectivity index (χ1) is 9.93. The highest BCUT2D eigenvalue weighted by atomic mass is 19.4. The van der Waals surface area contributed by atoms with Gasteiger partial charge in [0.25, 0.3) is 0 Å². The SMILES string of the molecule is Cn1cccc1CN1CCc2nc(C(F)(F)F)ncc2C1. The summed E-state index contributed by atoms with van der Waals surface area (Å²) in [5.41, 5.74) is 2.47. The Bertz CT molecular complexity index is 648. The molecule has 0 aliphatic carbocycles. The van der Waals surface area contributed by atoms with Crippen molar-refractivity contribution in [2.45, 2.75) is 25.7 Å². The zero-order chi connectivity index (χ0) is 15.0. The molecule has 0 saturated heterocycles. The third kappa shape index (κ3) is 2.92. The second-order valence-electron chi connectivity index (χ2n) is 5.23. The van der Waals surface area contributed by atoms with Crippen molar-refractivity contribution in [3.05, 3.63) is 47.3 Å². The van der Waals surface area contributed by atoms with Gasteiger partial charge in [-0.25, -0.2) is 9.97 Å². The van der Waals surface area contributed by atoms with Crippen molar-refractivity contribution in [1.29, 1.82) is 0 Å². The van der Waals surface area contributed by atoms with Crippen LogP contribution in [-0.2, 0) is 32.7 Å². The molecule has 3 rings (SSSR count). The van der Waals surface area contributed by atoms with Crippen molar-refractivity contribution in [3.63, 3.8) is 0 Å². The van der Waals surface area contributed by atoms with Gasteiger partial charge in [-0.05, 0) is 12.1 Å². The van der Waals surface area contributed by atoms with E-state index in [1.165, 1.54) is 11.9 Å². The first-order valence-corrected chi connectivity index (χ1v) is 6.68. The Morgan fingerprint density at radius 2 is 2.14 bits per heavy atom. The van der Waals surface area contributed by atoms with Gasteiger partial charge < -0.3 is 4.57 Å². The summed E-state index contributed by atoms with van der Waals surface area (Å²) in [7, 11) is 1.98. The minimum atomic E-state index is -4.48. The summed E-state index contributed by atoms with van der Waals surface area (Å²) >= 11 is 0. The fourth-order valence-corrected chi connectivity index (χ4v) is 2.54. The molecule has 21 heavy (non-hydrogen) atoms. The molecule has 7 heteroatoms. The van der Waals surface area contributed by atoms with Crippen LogP contribution in [0.5, 0.6) is 0 Å². The van der Waals surface area contributed by atoms with E-state index >= 15 is 0 Å². The first-order valence-electron chi connectivity index (χ1n) is 6.68. The van der Waals surface area contributed by atoms with Crippen LogP contribution in [0, 0.1) is 0 Å². The summed E-state index contributed by atoms with van der Waals surface area (Å²) in [6, 6.07) is 4.02. The van der Waals surface area contributed by atoms with Crippen LogP contribution in [0.2, 0.25) is 0 Å². The van der Waals surface area contributed by atoms with E-state index in [4.69, 9.17) is 0 Å². The maximum atomic E-state index is 12.6. The Hall–Kier alpha value is -1.89. The van der Waals surface area contributed by atoms with Crippen LogP contribution in [0.3, 0.4) is 0 Å². The molecule has 2 aromatic rings. The standard InChI is InChI=1S/C14H15F3N4/c1-20-5-2-3-11(20)9-21-6-4-12-10(8-21)7-18-13(19-12)14(15,16)17/h2-3,5,7H,4,6,8-9H2,1H3. The van der Waals surface area contributed by atoms with Gasteiger partial charge in [0.05, 0.1) is 5.69 Å². The summed E-state index contributed by atoms with van der Waals surface area (Å²) < 4.78 is 39.8. The zero-order valence-corrected chi connectivity index (χ0v) is 11.6. The van der Waals surface area contributed by atoms with Gasteiger partial charge in [-0.15, -0.1) is 0 Å². The molecule has 4 nitrogen and oxygen atoms in total. The lowest BCUT2D eigenvalue weighted by atomic mass is 10.1. The van der Waals surface area contributed by atoms with Crippen LogP contribution in [0.1, 0.15) is 22.8 Å². The van der Waals surface area contributed by atoms with E-state index in [9.17, 15) is 13.2 Å². The number of alkyl halides is 3. The third-order valence-corrected chi connectivity index (χ3v) is 3.70. The predicted molar refractivity (Wildman–Crippen MR) is 70.3 cm³/mol. The Kier molecular flexibility index (Phi) is 3.44.